The highest BCUT2D eigenvalue weighted by molar-refractivity contribution is 5.85. The fourth-order valence-corrected chi connectivity index (χ4v) is 1.65. The van der Waals surface area contributed by atoms with Crippen LogP contribution in [0.1, 0.15) is 32.3 Å². The van der Waals surface area contributed by atoms with Gasteiger partial charge in [-0.3, -0.25) is 9.59 Å². The molecular formula is C15H24ClN3O2. The maximum absolute atomic E-state index is 11.7. The Labute approximate surface area is 132 Å². The first-order valence-corrected chi connectivity index (χ1v) is 6.91. The third-order valence-electron chi connectivity index (χ3n) is 3.04. The van der Waals surface area contributed by atoms with Crippen LogP contribution in [0.5, 0.6) is 0 Å². The summed E-state index contributed by atoms with van der Waals surface area (Å²) in [6.07, 6.45) is 1.50. The van der Waals surface area contributed by atoms with Crippen LogP contribution in [-0.2, 0) is 16.0 Å². The normalized spacial score (nSPS) is 11.1. The first kappa shape index (κ1) is 19.2. The summed E-state index contributed by atoms with van der Waals surface area (Å²) in [4.78, 5) is 23.2. The highest BCUT2D eigenvalue weighted by Gasteiger charge is 2.07. The second-order valence-corrected chi connectivity index (χ2v) is 4.90. The maximum atomic E-state index is 11.7. The zero-order chi connectivity index (χ0) is 15.0. The number of carbonyl (C=O) groups is 2. The van der Waals surface area contributed by atoms with Crippen molar-refractivity contribution in [3.63, 3.8) is 0 Å². The molecule has 118 valence electrons. The quantitative estimate of drug-likeness (QED) is 0.669. The topological polar surface area (TPSA) is 84.2 Å². The Morgan fingerprint density at radius 1 is 1.19 bits per heavy atom. The van der Waals surface area contributed by atoms with Crippen LogP contribution in [0.25, 0.3) is 0 Å². The number of rotatable bonds is 7. The second-order valence-electron chi connectivity index (χ2n) is 4.90. The van der Waals surface area contributed by atoms with Gasteiger partial charge in [0.15, 0.2) is 0 Å². The van der Waals surface area contributed by atoms with Crippen LogP contribution in [0, 0.1) is 0 Å². The average Bonchev–Trinajstić information content (AvgIpc) is 2.41. The number of nitrogens with one attached hydrogen (secondary N) is 2. The van der Waals surface area contributed by atoms with Crippen LogP contribution in [0.2, 0.25) is 0 Å². The predicted octanol–water partition coefficient (Wildman–Crippen LogP) is 1.65. The van der Waals surface area contributed by atoms with Crippen molar-refractivity contribution in [2.75, 3.05) is 12.3 Å². The van der Waals surface area contributed by atoms with Gasteiger partial charge in [0.05, 0.1) is 6.42 Å². The van der Waals surface area contributed by atoms with Crippen molar-refractivity contribution in [3.05, 3.63) is 29.8 Å². The summed E-state index contributed by atoms with van der Waals surface area (Å²) in [6.45, 7) is 4.33. The zero-order valence-corrected chi connectivity index (χ0v) is 13.3. The molecule has 0 heterocycles. The van der Waals surface area contributed by atoms with E-state index in [0.717, 1.165) is 12.0 Å². The fourth-order valence-electron chi connectivity index (χ4n) is 1.65. The second kappa shape index (κ2) is 10.0. The van der Waals surface area contributed by atoms with E-state index in [-0.39, 0.29) is 30.3 Å². The molecule has 0 aliphatic carbocycles. The monoisotopic (exact) mass is 313 g/mol. The van der Waals surface area contributed by atoms with E-state index in [0.29, 0.717) is 25.1 Å². The molecule has 0 fully saturated rings. The molecule has 0 aromatic heterocycles. The average molecular weight is 314 g/mol. The largest absolute Gasteiger partial charge is 0.399 e. The van der Waals surface area contributed by atoms with E-state index >= 15 is 0 Å². The third-order valence-corrected chi connectivity index (χ3v) is 3.04. The van der Waals surface area contributed by atoms with E-state index in [9.17, 15) is 9.59 Å². The summed E-state index contributed by atoms with van der Waals surface area (Å²) in [5, 5.41) is 5.59. The summed E-state index contributed by atoms with van der Waals surface area (Å²) < 4.78 is 0. The van der Waals surface area contributed by atoms with Crippen molar-refractivity contribution in [1.82, 2.24) is 10.6 Å². The maximum Gasteiger partial charge on any atom is 0.224 e. The lowest BCUT2D eigenvalue weighted by Crippen LogP contribution is -2.35. The number of hydrogen-bond donors (Lipinski definition) is 3. The minimum absolute atomic E-state index is 0. The molecule has 0 aliphatic rings. The Hall–Kier alpha value is -1.75. The van der Waals surface area contributed by atoms with Gasteiger partial charge < -0.3 is 16.4 Å². The number of hydrogen-bond acceptors (Lipinski definition) is 3. The fraction of sp³-hybridized carbons (Fsp3) is 0.467. The Morgan fingerprint density at radius 3 is 2.38 bits per heavy atom. The van der Waals surface area contributed by atoms with Gasteiger partial charge in [-0.25, -0.2) is 0 Å². The molecule has 0 saturated heterocycles. The van der Waals surface area contributed by atoms with E-state index in [1.54, 1.807) is 12.1 Å². The van der Waals surface area contributed by atoms with Gasteiger partial charge >= 0.3 is 0 Å². The first-order chi connectivity index (χ1) is 9.51. The van der Waals surface area contributed by atoms with Crippen LogP contribution in [0.4, 0.5) is 5.69 Å². The molecule has 0 spiro atoms. The number of anilines is 1. The van der Waals surface area contributed by atoms with E-state index in [2.05, 4.69) is 10.6 Å². The lowest BCUT2D eigenvalue weighted by Gasteiger charge is -2.11. The highest BCUT2D eigenvalue weighted by Crippen LogP contribution is 2.05. The molecule has 0 bridgehead atoms. The van der Waals surface area contributed by atoms with E-state index in [1.807, 2.05) is 26.0 Å². The van der Waals surface area contributed by atoms with E-state index < -0.39 is 0 Å². The van der Waals surface area contributed by atoms with Gasteiger partial charge in [-0.1, -0.05) is 19.1 Å². The van der Waals surface area contributed by atoms with Crippen molar-refractivity contribution >= 4 is 29.9 Å². The summed E-state index contributed by atoms with van der Waals surface area (Å²) >= 11 is 0. The van der Waals surface area contributed by atoms with Crippen molar-refractivity contribution in [1.29, 1.82) is 0 Å². The van der Waals surface area contributed by atoms with Crippen molar-refractivity contribution < 1.29 is 9.59 Å². The summed E-state index contributed by atoms with van der Waals surface area (Å²) in [7, 11) is 0. The number of amides is 2. The first-order valence-electron chi connectivity index (χ1n) is 6.91. The Morgan fingerprint density at radius 2 is 1.81 bits per heavy atom. The molecule has 1 rings (SSSR count). The van der Waals surface area contributed by atoms with Gasteiger partial charge in [0, 0.05) is 24.7 Å². The summed E-state index contributed by atoms with van der Waals surface area (Å²) in [5.41, 5.74) is 7.16. The van der Waals surface area contributed by atoms with Gasteiger partial charge in [0.25, 0.3) is 0 Å². The smallest absolute Gasteiger partial charge is 0.224 e. The Bertz CT molecular complexity index is 449. The molecule has 0 aliphatic heterocycles. The predicted molar refractivity (Wildman–Crippen MR) is 87.3 cm³/mol. The van der Waals surface area contributed by atoms with Crippen LogP contribution in [-0.4, -0.2) is 24.4 Å². The summed E-state index contributed by atoms with van der Waals surface area (Å²) in [6, 6.07) is 7.35. The van der Waals surface area contributed by atoms with Crippen molar-refractivity contribution in [2.45, 2.75) is 39.2 Å². The SMILES string of the molecule is CCC(C)NC(=O)CCNC(=O)Cc1ccc(N)cc1.Cl. The molecule has 1 unspecified atom stereocenters. The molecule has 4 N–H and O–H groups in total. The third kappa shape index (κ3) is 8.19. The number of benzene rings is 1. The summed E-state index contributed by atoms with van der Waals surface area (Å²) in [5.74, 6) is -0.127. The zero-order valence-electron chi connectivity index (χ0n) is 12.5. The molecule has 1 aromatic rings. The number of halogens is 1. The van der Waals surface area contributed by atoms with E-state index in [1.165, 1.54) is 0 Å². The lowest BCUT2D eigenvalue weighted by molar-refractivity contribution is -0.122. The van der Waals surface area contributed by atoms with Crippen LogP contribution >= 0.6 is 12.4 Å². The van der Waals surface area contributed by atoms with Gasteiger partial charge in [-0.05, 0) is 31.0 Å². The molecule has 6 heteroatoms. The molecule has 0 saturated carbocycles. The number of carbonyl (C=O) groups excluding carboxylic acids is 2. The molecular weight excluding hydrogens is 290 g/mol. The molecule has 1 aromatic carbocycles. The highest BCUT2D eigenvalue weighted by atomic mass is 35.5. The Balaban J connectivity index is 0.00000400. The standard InChI is InChI=1S/C15H23N3O2.ClH/c1-3-11(2)18-14(19)8-9-17-15(20)10-12-4-6-13(16)7-5-12;/h4-7,11H,3,8-10,16H2,1-2H3,(H,17,20)(H,18,19);1H. The molecule has 0 radical (unpaired) electrons. The van der Waals surface area contributed by atoms with E-state index in [4.69, 9.17) is 5.73 Å². The van der Waals surface area contributed by atoms with Crippen molar-refractivity contribution in [3.8, 4) is 0 Å². The van der Waals surface area contributed by atoms with Gasteiger partial charge in [-0.2, -0.15) is 0 Å². The molecule has 1 atom stereocenters. The minimum Gasteiger partial charge on any atom is -0.399 e. The van der Waals surface area contributed by atoms with Crippen LogP contribution in [0.3, 0.4) is 0 Å². The molecule has 5 nitrogen and oxygen atoms in total. The van der Waals surface area contributed by atoms with Gasteiger partial charge in [-0.15, -0.1) is 12.4 Å². The van der Waals surface area contributed by atoms with Gasteiger partial charge in [0.2, 0.25) is 11.8 Å². The molecule has 2 amide bonds. The van der Waals surface area contributed by atoms with Crippen LogP contribution < -0.4 is 16.4 Å². The minimum atomic E-state index is -0.0916. The Kier molecular flexibility index (Phi) is 9.21. The number of nitrogens with two attached hydrogens (primary N) is 1. The van der Waals surface area contributed by atoms with Gasteiger partial charge in [0.1, 0.15) is 0 Å². The molecule has 21 heavy (non-hydrogen) atoms. The number of nitrogen functional groups attached to an aromatic ring is 1. The van der Waals surface area contributed by atoms with Crippen LogP contribution in [0.15, 0.2) is 24.3 Å². The van der Waals surface area contributed by atoms with Crippen molar-refractivity contribution in [2.24, 2.45) is 0 Å². The lowest BCUT2D eigenvalue weighted by atomic mass is 10.1.